The number of sulfonamides is 1. The molecule has 4 nitrogen and oxygen atoms in total. The number of nitrogens with one attached hydrogen (secondary N) is 1. The van der Waals surface area contributed by atoms with Crippen LogP contribution in [0.25, 0.3) is 10.8 Å². The van der Waals surface area contributed by atoms with Crippen molar-refractivity contribution in [2.24, 2.45) is 0 Å². The Hall–Kier alpha value is -1.76. The summed E-state index contributed by atoms with van der Waals surface area (Å²) < 4.78 is 27.6. The molecule has 1 aromatic carbocycles. The van der Waals surface area contributed by atoms with Crippen LogP contribution in [0.1, 0.15) is 4.88 Å². The lowest BCUT2D eigenvalue weighted by atomic mass is 10.2. The number of benzene rings is 1. The van der Waals surface area contributed by atoms with Gasteiger partial charge in [-0.15, -0.1) is 11.3 Å². The lowest BCUT2D eigenvalue weighted by molar-refractivity contribution is 0.583. The summed E-state index contributed by atoms with van der Waals surface area (Å²) in [6, 6.07) is 10.9. The molecule has 2 aromatic heterocycles. The van der Waals surface area contributed by atoms with Gasteiger partial charge in [-0.3, -0.25) is 4.98 Å². The summed E-state index contributed by atoms with van der Waals surface area (Å²) in [5.41, 5.74) is 0. The van der Waals surface area contributed by atoms with Gasteiger partial charge in [0.15, 0.2) is 0 Å². The topological polar surface area (TPSA) is 59.1 Å². The maximum atomic E-state index is 12.4. The van der Waals surface area contributed by atoms with Crippen molar-refractivity contribution in [3.8, 4) is 0 Å². The molecule has 6 heteroatoms. The Morgan fingerprint density at radius 3 is 2.86 bits per heavy atom. The number of thiophene rings is 1. The van der Waals surface area contributed by atoms with Gasteiger partial charge >= 0.3 is 0 Å². The van der Waals surface area contributed by atoms with Crippen molar-refractivity contribution in [2.45, 2.75) is 11.3 Å². The molecule has 0 fully saturated rings. The Labute approximate surface area is 127 Å². The number of hydrogen-bond donors (Lipinski definition) is 1. The molecule has 0 saturated heterocycles. The first-order valence-corrected chi connectivity index (χ1v) is 8.88. The summed E-state index contributed by atoms with van der Waals surface area (Å²) in [5, 5.41) is 3.50. The molecule has 2 heterocycles. The third-order valence-corrected chi connectivity index (χ3v) is 5.63. The average Bonchev–Trinajstić information content (AvgIpc) is 3.00. The van der Waals surface area contributed by atoms with Crippen LogP contribution >= 0.6 is 11.3 Å². The standard InChI is InChI=1S/C15H14N2O2S2/c18-21(19,17-9-6-13-4-2-10-20-13)15-5-1-3-12-11-16-8-7-14(12)15/h1-5,7-8,10-11,17H,6,9H2. The summed E-state index contributed by atoms with van der Waals surface area (Å²) in [5.74, 6) is 0. The second-order valence-corrected chi connectivity index (χ2v) is 7.35. The molecule has 0 unspecified atom stereocenters. The maximum absolute atomic E-state index is 12.4. The fourth-order valence-corrected chi connectivity index (χ4v) is 4.14. The Morgan fingerprint density at radius 2 is 2.05 bits per heavy atom. The van der Waals surface area contributed by atoms with E-state index in [9.17, 15) is 8.42 Å². The predicted octanol–water partition coefficient (Wildman–Crippen LogP) is 2.82. The van der Waals surface area contributed by atoms with E-state index in [1.807, 2.05) is 23.6 Å². The maximum Gasteiger partial charge on any atom is 0.241 e. The number of hydrogen-bond acceptors (Lipinski definition) is 4. The quantitative estimate of drug-likeness (QED) is 0.787. The van der Waals surface area contributed by atoms with Crippen LogP contribution in [-0.4, -0.2) is 19.9 Å². The highest BCUT2D eigenvalue weighted by molar-refractivity contribution is 7.89. The van der Waals surface area contributed by atoms with E-state index in [2.05, 4.69) is 9.71 Å². The molecule has 21 heavy (non-hydrogen) atoms. The molecule has 3 rings (SSSR count). The van der Waals surface area contributed by atoms with Gasteiger partial charge in [0, 0.05) is 34.6 Å². The van der Waals surface area contributed by atoms with E-state index in [4.69, 9.17) is 0 Å². The van der Waals surface area contributed by atoms with Gasteiger partial charge in [-0.05, 0) is 30.0 Å². The van der Waals surface area contributed by atoms with Gasteiger partial charge in [0.2, 0.25) is 10.0 Å². The van der Waals surface area contributed by atoms with Crippen LogP contribution in [0.15, 0.2) is 59.1 Å². The summed E-state index contributed by atoms with van der Waals surface area (Å²) in [4.78, 5) is 5.48. The van der Waals surface area contributed by atoms with Gasteiger partial charge in [0.1, 0.15) is 0 Å². The molecule has 1 N–H and O–H groups in total. The molecule has 3 aromatic rings. The second kappa shape index (κ2) is 5.93. The van der Waals surface area contributed by atoms with Gasteiger partial charge in [-0.1, -0.05) is 18.2 Å². The first-order chi connectivity index (χ1) is 10.2. The average molecular weight is 318 g/mol. The second-order valence-electron chi connectivity index (χ2n) is 4.58. The molecular weight excluding hydrogens is 304 g/mol. The minimum Gasteiger partial charge on any atom is -0.264 e. The van der Waals surface area contributed by atoms with Crippen molar-refractivity contribution in [3.63, 3.8) is 0 Å². The van der Waals surface area contributed by atoms with E-state index in [-0.39, 0.29) is 0 Å². The fourth-order valence-electron chi connectivity index (χ4n) is 2.17. The number of aromatic nitrogens is 1. The highest BCUT2D eigenvalue weighted by atomic mass is 32.2. The normalized spacial score (nSPS) is 11.8. The van der Waals surface area contributed by atoms with Gasteiger partial charge < -0.3 is 0 Å². The van der Waals surface area contributed by atoms with E-state index >= 15 is 0 Å². The van der Waals surface area contributed by atoms with Gasteiger partial charge in [0.25, 0.3) is 0 Å². The molecule has 0 atom stereocenters. The van der Waals surface area contributed by atoms with Crippen LogP contribution in [0.3, 0.4) is 0 Å². The van der Waals surface area contributed by atoms with Crippen LogP contribution in [-0.2, 0) is 16.4 Å². The molecular formula is C15H14N2O2S2. The molecule has 0 saturated carbocycles. The minimum atomic E-state index is -3.51. The van der Waals surface area contributed by atoms with Crippen LogP contribution < -0.4 is 4.72 Å². The molecule has 0 amide bonds. The zero-order chi connectivity index (χ0) is 14.7. The SMILES string of the molecule is O=S(=O)(NCCc1cccs1)c1cccc2cnccc12. The molecule has 0 aliphatic rings. The van der Waals surface area contributed by atoms with Crippen LogP contribution in [0.2, 0.25) is 0 Å². The highest BCUT2D eigenvalue weighted by Gasteiger charge is 2.16. The van der Waals surface area contributed by atoms with Crippen LogP contribution in [0.4, 0.5) is 0 Å². The van der Waals surface area contributed by atoms with Crippen molar-refractivity contribution in [1.82, 2.24) is 9.71 Å². The summed E-state index contributed by atoms with van der Waals surface area (Å²) in [6.45, 7) is 0.393. The number of pyridine rings is 1. The van der Waals surface area contributed by atoms with E-state index in [0.717, 1.165) is 5.39 Å². The molecule has 0 bridgehead atoms. The van der Waals surface area contributed by atoms with Crippen molar-refractivity contribution >= 4 is 32.1 Å². The summed E-state index contributed by atoms with van der Waals surface area (Å²) >= 11 is 1.63. The lowest BCUT2D eigenvalue weighted by Gasteiger charge is -2.09. The van der Waals surface area contributed by atoms with E-state index in [0.29, 0.717) is 23.2 Å². The Balaban J connectivity index is 1.83. The van der Waals surface area contributed by atoms with Gasteiger partial charge in [-0.25, -0.2) is 13.1 Å². The van der Waals surface area contributed by atoms with E-state index < -0.39 is 10.0 Å². The third-order valence-electron chi connectivity index (χ3n) is 3.17. The molecule has 0 aliphatic heterocycles. The number of fused-ring (bicyclic) bond motifs is 1. The molecule has 108 valence electrons. The van der Waals surface area contributed by atoms with Crippen LogP contribution in [0.5, 0.6) is 0 Å². The molecule has 0 radical (unpaired) electrons. The van der Waals surface area contributed by atoms with E-state index in [1.165, 1.54) is 4.88 Å². The van der Waals surface area contributed by atoms with Crippen LogP contribution in [0, 0.1) is 0 Å². The van der Waals surface area contributed by atoms with Gasteiger partial charge in [-0.2, -0.15) is 0 Å². The Kier molecular flexibility index (Phi) is 4.01. The predicted molar refractivity (Wildman–Crippen MR) is 85.0 cm³/mol. The Bertz CT molecular complexity index is 838. The van der Waals surface area contributed by atoms with E-state index in [1.54, 1.807) is 41.9 Å². The highest BCUT2D eigenvalue weighted by Crippen LogP contribution is 2.21. The largest absolute Gasteiger partial charge is 0.264 e. The smallest absolute Gasteiger partial charge is 0.241 e. The summed E-state index contributed by atoms with van der Waals surface area (Å²) in [7, 11) is -3.51. The third kappa shape index (κ3) is 3.12. The lowest BCUT2D eigenvalue weighted by Crippen LogP contribution is -2.26. The molecule has 0 aliphatic carbocycles. The van der Waals surface area contributed by atoms with Crippen molar-refractivity contribution < 1.29 is 8.42 Å². The van der Waals surface area contributed by atoms with Crippen molar-refractivity contribution in [2.75, 3.05) is 6.54 Å². The monoisotopic (exact) mass is 318 g/mol. The Morgan fingerprint density at radius 1 is 1.14 bits per heavy atom. The zero-order valence-electron chi connectivity index (χ0n) is 11.2. The fraction of sp³-hybridized carbons (Fsp3) is 0.133. The van der Waals surface area contributed by atoms with Gasteiger partial charge in [0.05, 0.1) is 4.90 Å². The minimum absolute atomic E-state index is 0.300. The first-order valence-electron chi connectivity index (χ1n) is 6.51. The van der Waals surface area contributed by atoms with Crippen molar-refractivity contribution in [3.05, 3.63) is 59.0 Å². The number of rotatable bonds is 5. The first kappa shape index (κ1) is 14.2. The molecule has 0 spiro atoms. The zero-order valence-corrected chi connectivity index (χ0v) is 12.8. The summed E-state index contributed by atoms with van der Waals surface area (Å²) in [6.07, 6.45) is 3.97. The number of nitrogens with zero attached hydrogens (tertiary/aromatic N) is 1. The van der Waals surface area contributed by atoms with Crippen molar-refractivity contribution in [1.29, 1.82) is 0 Å².